The first-order valence-electron chi connectivity index (χ1n) is 6.34. The summed E-state index contributed by atoms with van der Waals surface area (Å²) in [6.07, 6.45) is 0. The summed E-state index contributed by atoms with van der Waals surface area (Å²) in [5, 5.41) is 3.02. The van der Waals surface area contributed by atoms with Crippen molar-refractivity contribution >= 4 is 5.69 Å². The summed E-state index contributed by atoms with van der Waals surface area (Å²) in [5.74, 6) is -0.152. The van der Waals surface area contributed by atoms with E-state index in [1.54, 1.807) is 6.07 Å². The van der Waals surface area contributed by atoms with Crippen molar-refractivity contribution in [1.29, 1.82) is 0 Å². The lowest BCUT2D eigenvalue weighted by molar-refractivity contribution is -0.0278. The van der Waals surface area contributed by atoms with E-state index in [2.05, 4.69) is 10.2 Å². The Morgan fingerprint density at radius 1 is 1.44 bits per heavy atom. The molecule has 0 bridgehead atoms. The third-order valence-electron chi connectivity index (χ3n) is 3.16. The highest BCUT2D eigenvalue weighted by Crippen LogP contribution is 2.26. The zero-order valence-corrected chi connectivity index (χ0v) is 11.3. The van der Waals surface area contributed by atoms with Crippen molar-refractivity contribution in [3.8, 4) is 0 Å². The first-order valence-corrected chi connectivity index (χ1v) is 6.34. The molecule has 1 aliphatic rings. The van der Waals surface area contributed by atoms with Crippen LogP contribution in [-0.2, 0) is 11.3 Å². The summed E-state index contributed by atoms with van der Waals surface area (Å²) >= 11 is 0. The number of hydrogen-bond acceptors (Lipinski definition) is 3. The lowest BCUT2D eigenvalue weighted by Gasteiger charge is -2.39. The molecule has 1 aliphatic heterocycles. The van der Waals surface area contributed by atoms with Crippen LogP contribution < -0.4 is 10.2 Å². The van der Waals surface area contributed by atoms with Gasteiger partial charge in [0, 0.05) is 19.6 Å². The highest BCUT2D eigenvalue weighted by Gasteiger charge is 2.28. The predicted octanol–water partition coefficient (Wildman–Crippen LogP) is 2.16. The Balaban J connectivity index is 2.18. The molecule has 4 heteroatoms. The van der Waals surface area contributed by atoms with Crippen molar-refractivity contribution in [3.63, 3.8) is 0 Å². The number of morpholine rings is 1. The maximum atomic E-state index is 14.1. The van der Waals surface area contributed by atoms with E-state index in [1.165, 1.54) is 0 Å². The monoisotopic (exact) mass is 252 g/mol. The van der Waals surface area contributed by atoms with Gasteiger partial charge < -0.3 is 15.0 Å². The number of benzene rings is 1. The molecule has 0 spiro atoms. The minimum Gasteiger partial charge on any atom is -0.372 e. The van der Waals surface area contributed by atoms with Crippen LogP contribution in [0.2, 0.25) is 0 Å². The summed E-state index contributed by atoms with van der Waals surface area (Å²) in [5.41, 5.74) is 1.42. The first-order chi connectivity index (χ1) is 8.52. The van der Waals surface area contributed by atoms with Crippen molar-refractivity contribution in [2.24, 2.45) is 0 Å². The molecule has 1 saturated heterocycles. The van der Waals surface area contributed by atoms with Crippen molar-refractivity contribution in [2.75, 3.05) is 31.6 Å². The molecule has 0 saturated carbocycles. The van der Waals surface area contributed by atoms with E-state index < -0.39 is 0 Å². The maximum absolute atomic E-state index is 14.1. The quantitative estimate of drug-likeness (QED) is 0.892. The van der Waals surface area contributed by atoms with Crippen LogP contribution in [0.25, 0.3) is 0 Å². The summed E-state index contributed by atoms with van der Waals surface area (Å²) < 4.78 is 19.7. The Morgan fingerprint density at radius 2 is 2.22 bits per heavy atom. The third kappa shape index (κ3) is 3.00. The van der Waals surface area contributed by atoms with E-state index >= 15 is 0 Å². The minimum atomic E-state index is -0.214. The van der Waals surface area contributed by atoms with E-state index in [9.17, 15) is 4.39 Å². The fourth-order valence-electron chi connectivity index (χ4n) is 2.34. The Labute approximate surface area is 108 Å². The average Bonchev–Trinajstić information content (AvgIpc) is 2.28. The van der Waals surface area contributed by atoms with Crippen molar-refractivity contribution in [3.05, 3.63) is 29.6 Å². The standard InChI is InChI=1S/C14H21FN2O/c1-14(2)10-17(6-7-18-14)13-5-4-11(9-16-3)8-12(13)15/h4-5,8,16H,6-7,9-10H2,1-3H3. The normalized spacial score (nSPS) is 19.0. The van der Waals surface area contributed by atoms with Gasteiger partial charge in [0.05, 0.1) is 17.9 Å². The van der Waals surface area contributed by atoms with E-state index in [4.69, 9.17) is 4.74 Å². The van der Waals surface area contributed by atoms with Gasteiger partial charge in [-0.25, -0.2) is 4.39 Å². The zero-order chi connectivity index (χ0) is 13.2. The number of ether oxygens (including phenoxy) is 1. The molecule has 1 fully saturated rings. The molecule has 3 nitrogen and oxygen atoms in total. The van der Waals surface area contributed by atoms with E-state index in [0.717, 1.165) is 18.7 Å². The van der Waals surface area contributed by atoms with Crippen LogP contribution in [0.15, 0.2) is 18.2 Å². The third-order valence-corrected chi connectivity index (χ3v) is 3.16. The van der Waals surface area contributed by atoms with Crippen LogP contribution in [0.5, 0.6) is 0 Å². The predicted molar refractivity (Wildman–Crippen MR) is 71.4 cm³/mol. The molecule has 1 N–H and O–H groups in total. The van der Waals surface area contributed by atoms with Crippen LogP contribution >= 0.6 is 0 Å². The minimum absolute atomic E-state index is 0.152. The molecule has 0 radical (unpaired) electrons. The fraction of sp³-hybridized carbons (Fsp3) is 0.571. The highest BCUT2D eigenvalue weighted by atomic mass is 19.1. The molecule has 0 unspecified atom stereocenters. The second-order valence-corrected chi connectivity index (χ2v) is 5.35. The number of hydrogen-bond donors (Lipinski definition) is 1. The molecule has 100 valence electrons. The largest absolute Gasteiger partial charge is 0.372 e. The Kier molecular flexibility index (Phi) is 3.88. The van der Waals surface area contributed by atoms with E-state index in [1.807, 2.05) is 33.0 Å². The lowest BCUT2D eigenvalue weighted by atomic mass is 10.1. The number of halogens is 1. The molecule has 0 aromatic heterocycles. The van der Waals surface area contributed by atoms with Crippen molar-refractivity contribution in [2.45, 2.75) is 26.0 Å². The van der Waals surface area contributed by atoms with Gasteiger partial charge in [0.25, 0.3) is 0 Å². The molecule has 0 aliphatic carbocycles. The molecular formula is C14H21FN2O. The molecular weight excluding hydrogens is 231 g/mol. The fourth-order valence-corrected chi connectivity index (χ4v) is 2.34. The number of nitrogens with zero attached hydrogens (tertiary/aromatic N) is 1. The zero-order valence-electron chi connectivity index (χ0n) is 11.3. The van der Waals surface area contributed by atoms with Crippen LogP contribution in [0, 0.1) is 5.82 Å². The van der Waals surface area contributed by atoms with Gasteiger partial charge in [-0.05, 0) is 38.6 Å². The second kappa shape index (κ2) is 5.24. The van der Waals surface area contributed by atoms with E-state index in [-0.39, 0.29) is 11.4 Å². The number of nitrogens with one attached hydrogen (secondary N) is 1. The smallest absolute Gasteiger partial charge is 0.146 e. The summed E-state index contributed by atoms with van der Waals surface area (Å²) in [6, 6.07) is 5.44. The van der Waals surface area contributed by atoms with Gasteiger partial charge in [-0.15, -0.1) is 0 Å². The van der Waals surface area contributed by atoms with Gasteiger partial charge in [0.15, 0.2) is 0 Å². The average molecular weight is 252 g/mol. The van der Waals surface area contributed by atoms with Crippen LogP contribution in [-0.4, -0.2) is 32.3 Å². The molecule has 0 atom stereocenters. The topological polar surface area (TPSA) is 24.5 Å². The second-order valence-electron chi connectivity index (χ2n) is 5.35. The van der Waals surface area contributed by atoms with Gasteiger partial charge in [-0.3, -0.25) is 0 Å². The van der Waals surface area contributed by atoms with Crippen molar-refractivity contribution in [1.82, 2.24) is 5.32 Å². The molecule has 1 aromatic rings. The summed E-state index contributed by atoms with van der Waals surface area (Å²) in [4.78, 5) is 2.06. The van der Waals surface area contributed by atoms with Gasteiger partial charge in [0.2, 0.25) is 0 Å². The van der Waals surface area contributed by atoms with Gasteiger partial charge >= 0.3 is 0 Å². The Hall–Kier alpha value is -1.13. The van der Waals surface area contributed by atoms with Gasteiger partial charge in [0.1, 0.15) is 5.82 Å². The van der Waals surface area contributed by atoms with Gasteiger partial charge in [-0.2, -0.15) is 0 Å². The van der Waals surface area contributed by atoms with Crippen molar-refractivity contribution < 1.29 is 9.13 Å². The maximum Gasteiger partial charge on any atom is 0.146 e. The van der Waals surface area contributed by atoms with Gasteiger partial charge in [-0.1, -0.05) is 6.07 Å². The van der Waals surface area contributed by atoms with Crippen LogP contribution in [0.4, 0.5) is 10.1 Å². The highest BCUT2D eigenvalue weighted by molar-refractivity contribution is 5.50. The molecule has 18 heavy (non-hydrogen) atoms. The number of rotatable bonds is 3. The SMILES string of the molecule is CNCc1ccc(N2CCOC(C)(C)C2)c(F)c1. The van der Waals surface area contributed by atoms with Crippen LogP contribution in [0.1, 0.15) is 19.4 Å². The number of anilines is 1. The lowest BCUT2D eigenvalue weighted by Crippen LogP contribution is -2.48. The summed E-state index contributed by atoms with van der Waals surface area (Å²) in [6.45, 7) is 6.86. The Bertz CT molecular complexity index is 420. The van der Waals surface area contributed by atoms with Crippen LogP contribution in [0.3, 0.4) is 0 Å². The molecule has 1 aromatic carbocycles. The summed E-state index contributed by atoms with van der Waals surface area (Å²) in [7, 11) is 1.86. The Morgan fingerprint density at radius 3 is 2.83 bits per heavy atom. The molecule has 1 heterocycles. The molecule has 0 amide bonds. The first kappa shape index (κ1) is 13.3. The molecule has 2 rings (SSSR count). The van der Waals surface area contributed by atoms with E-state index in [0.29, 0.717) is 18.8 Å².